The smallest absolute Gasteiger partial charge is 0.212 e. The molecule has 1 N–H and O–H groups in total. The maximum Gasteiger partial charge on any atom is 0.212 e. The number of hydrogen-bond donors (Lipinski definition) is 2. The van der Waals surface area contributed by atoms with E-state index in [-0.39, 0.29) is 6.10 Å². The van der Waals surface area contributed by atoms with Gasteiger partial charge in [0.05, 0.1) is 19.3 Å². The van der Waals surface area contributed by atoms with Gasteiger partial charge >= 0.3 is 0 Å². The maximum atomic E-state index is 9.27. The Balaban J connectivity index is 3.31. The highest BCUT2D eigenvalue weighted by Crippen LogP contribution is 2.15. The van der Waals surface area contributed by atoms with Crippen molar-refractivity contribution in [1.29, 1.82) is 0 Å². The molecule has 0 heterocycles. The van der Waals surface area contributed by atoms with Crippen LogP contribution < -0.4 is 0 Å². The SMILES string of the molecule is CCC(O)(S)OCCOC(C)C. The van der Waals surface area contributed by atoms with Gasteiger partial charge in [-0.1, -0.05) is 6.92 Å². The molecule has 0 aliphatic rings. The average Bonchev–Trinajstić information content (AvgIpc) is 1.98. The van der Waals surface area contributed by atoms with Crippen molar-refractivity contribution in [2.45, 2.75) is 38.4 Å². The van der Waals surface area contributed by atoms with Crippen molar-refractivity contribution in [2.75, 3.05) is 13.2 Å². The summed E-state index contributed by atoms with van der Waals surface area (Å²) in [5.74, 6) is 0. The van der Waals surface area contributed by atoms with E-state index in [1.807, 2.05) is 13.8 Å². The van der Waals surface area contributed by atoms with Crippen LogP contribution in [-0.4, -0.2) is 29.5 Å². The number of rotatable bonds is 6. The molecule has 0 spiro atoms. The zero-order valence-corrected chi connectivity index (χ0v) is 8.80. The van der Waals surface area contributed by atoms with E-state index in [9.17, 15) is 5.11 Å². The van der Waals surface area contributed by atoms with E-state index in [1.54, 1.807) is 6.92 Å². The fourth-order valence-corrected chi connectivity index (χ4v) is 0.682. The Hall–Kier alpha value is 0.230. The highest BCUT2D eigenvalue weighted by Gasteiger charge is 2.18. The van der Waals surface area contributed by atoms with Crippen molar-refractivity contribution in [3.05, 3.63) is 0 Å². The molecule has 0 saturated heterocycles. The second-order valence-electron chi connectivity index (χ2n) is 2.86. The van der Waals surface area contributed by atoms with Crippen molar-refractivity contribution >= 4 is 12.6 Å². The molecule has 0 radical (unpaired) electrons. The Labute approximate surface area is 79.5 Å². The average molecular weight is 194 g/mol. The minimum Gasteiger partial charge on any atom is -0.376 e. The van der Waals surface area contributed by atoms with Gasteiger partial charge in [-0.3, -0.25) is 0 Å². The molecule has 0 fully saturated rings. The molecule has 0 rings (SSSR count). The third-order valence-corrected chi connectivity index (χ3v) is 1.77. The molecule has 0 aromatic rings. The van der Waals surface area contributed by atoms with Crippen LogP contribution in [0.2, 0.25) is 0 Å². The number of ether oxygens (including phenoxy) is 2. The summed E-state index contributed by atoms with van der Waals surface area (Å²) in [6.45, 7) is 6.56. The van der Waals surface area contributed by atoms with E-state index >= 15 is 0 Å². The minimum absolute atomic E-state index is 0.197. The minimum atomic E-state index is -1.31. The molecule has 0 saturated carbocycles. The molecule has 1 unspecified atom stereocenters. The Morgan fingerprint density at radius 3 is 2.42 bits per heavy atom. The predicted molar refractivity (Wildman–Crippen MR) is 51.3 cm³/mol. The standard InChI is InChI=1S/C8H18O3S/c1-4-8(9,12)11-6-5-10-7(2)3/h7,9,12H,4-6H2,1-3H3. The molecule has 0 aromatic carbocycles. The predicted octanol–water partition coefficient (Wildman–Crippen LogP) is 1.41. The van der Waals surface area contributed by atoms with Gasteiger partial charge in [0.15, 0.2) is 0 Å². The lowest BCUT2D eigenvalue weighted by Crippen LogP contribution is -2.26. The second kappa shape index (κ2) is 5.80. The lowest BCUT2D eigenvalue weighted by Gasteiger charge is -2.20. The number of hydrogen-bond acceptors (Lipinski definition) is 4. The summed E-state index contributed by atoms with van der Waals surface area (Å²) in [4.78, 5) is 0. The quantitative estimate of drug-likeness (QED) is 0.381. The summed E-state index contributed by atoms with van der Waals surface area (Å²) in [6.07, 6.45) is 0.654. The normalized spacial score (nSPS) is 16.5. The highest BCUT2D eigenvalue weighted by molar-refractivity contribution is 7.81. The van der Waals surface area contributed by atoms with Crippen LogP contribution in [0.15, 0.2) is 0 Å². The van der Waals surface area contributed by atoms with E-state index in [1.165, 1.54) is 0 Å². The summed E-state index contributed by atoms with van der Waals surface area (Å²) < 4.78 is 10.2. The van der Waals surface area contributed by atoms with Crippen molar-refractivity contribution in [2.24, 2.45) is 0 Å². The van der Waals surface area contributed by atoms with E-state index in [0.717, 1.165) is 0 Å². The van der Waals surface area contributed by atoms with Gasteiger partial charge in [0.2, 0.25) is 5.12 Å². The van der Waals surface area contributed by atoms with Crippen LogP contribution >= 0.6 is 12.6 Å². The van der Waals surface area contributed by atoms with Crippen LogP contribution in [0.4, 0.5) is 0 Å². The van der Waals surface area contributed by atoms with Crippen LogP contribution in [0.5, 0.6) is 0 Å². The van der Waals surface area contributed by atoms with E-state index < -0.39 is 5.12 Å². The van der Waals surface area contributed by atoms with Gasteiger partial charge in [-0.2, -0.15) is 0 Å². The number of aliphatic hydroxyl groups is 1. The molecular weight excluding hydrogens is 176 g/mol. The first kappa shape index (κ1) is 12.2. The molecule has 74 valence electrons. The van der Waals surface area contributed by atoms with E-state index in [0.29, 0.717) is 19.6 Å². The van der Waals surface area contributed by atoms with Gasteiger partial charge in [0, 0.05) is 6.42 Å². The monoisotopic (exact) mass is 194 g/mol. The highest BCUT2D eigenvalue weighted by atomic mass is 32.1. The zero-order valence-electron chi connectivity index (χ0n) is 7.91. The lowest BCUT2D eigenvalue weighted by molar-refractivity contribution is -0.143. The van der Waals surface area contributed by atoms with Gasteiger partial charge < -0.3 is 14.6 Å². The van der Waals surface area contributed by atoms with Crippen LogP contribution in [-0.2, 0) is 9.47 Å². The Morgan fingerprint density at radius 2 is 2.00 bits per heavy atom. The lowest BCUT2D eigenvalue weighted by atomic mass is 10.4. The maximum absolute atomic E-state index is 9.27. The van der Waals surface area contributed by atoms with Gasteiger partial charge in [0.1, 0.15) is 0 Å². The largest absolute Gasteiger partial charge is 0.376 e. The molecule has 0 aromatic heterocycles. The third-order valence-electron chi connectivity index (χ3n) is 1.33. The van der Waals surface area contributed by atoms with Crippen molar-refractivity contribution in [3.63, 3.8) is 0 Å². The summed E-state index contributed by atoms with van der Waals surface area (Å²) in [7, 11) is 0. The summed E-state index contributed by atoms with van der Waals surface area (Å²) >= 11 is 3.89. The second-order valence-corrected chi connectivity index (χ2v) is 3.56. The summed E-state index contributed by atoms with van der Waals surface area (Å²) in [5.41, 5.74) is 0. The van der Waals surface area contributed by atoms with Crippen LogP contribution in [0.1, 0.15) is 27.2 Å². The molecule has 4 heteroatoms. The molecular formula is C8H18O3S. The topological polar surface area (TPSA) is 38.7 Å². The zero-order chi connectivity index (χ0) is 9.61. The first-order valence-electron chi connectivity index (χ1n) is 4.18. The fourth-order valence-electron chi connectivity index (χ4n) is 0.591. The molecule has 0 aliphatic carbocycles. The van der Waals surface area contributed by atoms with Gasteiger partial charge in [0.25, 0.3) is 0 Å². The molecule has 0 aliphatic heterocycles. The first-order valence-corrected chi connectivity index (χ1v) is 4.63. The fraction of sp³-hybridized carbons (Fsp3) is 1.00. The third kappa shape index (κ3) is 6.91. The molecule has 1 atom stereocenters. The summed E-state index contributed by atoms with van der Waals surface area (Å²) in [6, 6.07) is 0. The number of thiol groups is 1. The molecule has 3 nitrogen and oxygen atoms in total. The van der Waals surface area contributed by atoms with Crippen LogP contribution in [0.25, 0.3) is 0 Å². The van der Waals surface area contributed by atoms with Gasteiger partial charge in [-0.25, -0.2) is 0 Å². The summed E-state index contributed by atoms with van der Waals surface area (Å²) in [5, 5.41) is 7.97. The first-order chi connectivity index (χ1) is 5.48. The molecule has 12 heavy (non-hydrogen) atoms. The Kier molecular flexibility index (Phi) is 5.92. The van der Waals surface area contributed by atoms with Gasteiger partial charge in [-0.05, 0) is 13.8 Å². The Morgan fingerprint density at radius 1 is 1.42 bits per heavy atom. The van der Waals surface area contributed by atoms with Gasteiger partial charge in [-0.15, -0.1) is 12.6 Å². The Bertz CT molecular complexity index is 115. The molecule has 0 bridgehead atoms. The van der Waals surface area contributed by atoms with E-state index in [4.69, 9.17) is 9.47 Å². The van der Waals surface area contributed by atoms with Crippen LogP contribution in [0, 0.1) is 0 Å². The van der Waals surface area contributed by atoms with E-state index in [2.05, 4.69) is 12.6 Å². The van der Waals surface area contributed by atoms with Crippen molar-refractivity contribution < 1.29 is 14.6 Å². The van der Waals surface area contributed by atoms with Crippen molar-refractivity contribution in [3.8, 4) is 0 Å². The van der Waals surface area contributed by atoms with Crippen LogP contribution in [0.3, 0.4) is 0 Å². The van der Waals surface area contributed by atoms with Crippen molar-refractivity contribution in [1.82, 2.24) is 0 Å². The molecule has 0 amide bonds.